The van der Waals surface area contributed by atoms with Gasteiger partial charge < -0.3 is 25.1 Å². The zero-order valence-corrected chi connectivity index (χ0v) is 13.2. The molecule has 130 valence electrons. The van der Waals surface area contributed by atoms with Gasteiger partial charge in [0.05, 0.1) is 13.0 Å². The quantitative estimate of drug-likeness (QED) is 0.641. The third kappa shape index (κ3) is 4.83. The predicted molar refractivity (Wildman–Crippen MR) is 80.0 cm³/mol. The van der Waals surface area contributed by atoms with E-state index in [2.05, 4.69) is 5.32 Å². The van der Waals surface area contributed by atoms with Crippen LogP contribution in [0.5, 0.6) is 0 Å². The van der Waals surface area contributed by atoms with Gasteiger partial charge in [-0.05, 0) is 19.1 Å². The fraction of sp³-hybridized carbons (Fsp3) is 0.467. The summed E-state index contributed by atoms with van der Waals surface area (Å²) in [6, 6.07) is 2.71. The lowest BCUT2D eigenvalue weighted by Gasteiger charge is -2.30. The van der Waals surface area contributed by atoms with Crippen LogP contribution in [0, 0.1) is 0 Å². The molecule has 0 aromatic carbocycles. The maximum absolute atomic E-state index is 12.0. The molecule has 24 heavy (non-hydrogen) atoms. The summed E-state index contributed by atoms with van der Waals surface area (Å²) in [6.07, 6.45) is -0.155. The fourth-order valence-electron chi connectivity index (χ4n) is 2.23. The Kier molecular flexibility index (Phi) is 5.56. The van der Waals surface area contributed by atoms with Crippen LogP contribution in [-0.4, -0.2) is 41.2 Å². The van der Waals surface area contributed by atoms with Gasteiger partial charge in [0.2, 0.25) is 17.7 Å². The van der Waals surface area contributed by atoms with Crippen molar-refractivity contribution < 1.29 is 28.3 Å². The van der Waals surface area contributed by atoms with Crippen LogP contribution in [-0.2, 0) is 37.1 Å². The van der Waals surface area contributed by atoms with E-state index in [4.69, 9.17) is 14.9 Å². The fourth-order valence-corrected chi connectivity index (χ4v) is 2.23. The number of piperazine rings is 1. The highest BCUT2D eigenvalue weighted by Gasteiger charge is 2.29. The standard InChI is InChI=1S/C15H19N3O6/c1-9-15(22)18(7-13(20)17-9)6-10-2-3-11(24-10)8-23-14(21)5-4-12(16)19/h2-3,9H,4-8H2,1H3,(H2,16,19)(H,17,20). The van der Waals surface area contributed by atoms with Gasteiger partial charge in [-0.15, -0.1) is 0 Å². The van der Waals surface area contributed by atoms with E-state index < -0.39 is 17.9 Å². The van der Waals surface area contributed by atoms with Gasteiger partial charge in [0.1, 0.15) is 30.7 Å². The van der Waals surface area contributed by atoms with E-state index in [-0.39, 0.29) is 44.4 Å². The van der Waals surface area contributed by atoms with Crippen LogP contribution in [0.2, 0.25) is 0 Å². The molecule has 2 rings (SSSR count). The van der Waals surface area contributed by atoms with Gasteiger partial charge in [0, 0.05) is 6.42 Å². The molecule has 2 heterocycles. The first-order valence-electron chi connectivity index (χ1n) is 7.45. The minimum atomic E-state index is -0.573. The van der Waals surface area contributed by atoms with Gasteiger partial charge in [-0.2, -0.15) is 0 Å². The van der Waals surface area contributed by atoms with Crippen LogP contribution in [0.1, 0.15) is 31.3 Å². The zero-order chi connectivity index (χ0) is 17.7. The Morgan fingerprint density at radius 1 is 1.33 bits per heavy atom. The molecule has 1 saturated heterocycles. The number of nitrogens with two attached hydrogens (primary N) is 1. The predicted octanol–water partition coefficient (Wildman–Crippen LogP) is -0.565. The Labute approximate surface area is 138 Å². The summed E-state index contributed by atoms with van der Waals surface area (Å²) in [5, 5.41) is 2.55. The van der Waals surface area contributed by atoms with Crippen molar-refractivity contribution >= 4 is 23.7 Å². The number of nitrogens with one attached hydrogen (secondary N) is 1. The Morgan fingerprint density at radius 2 is 2.04 bits per heavy atom. The highest BCUT2D eigenvalue weighted by molar-refractivity contribution is 5.94. The Balaban J connectivity index is 1.84. The van der Waals surface area contributed by atoms with Gasteiger partial charge in [0.25, 0.3) is 0 Å². The number of furan rings is 1. The van der Waals surface area contributed by atoms with Crippen molar-refractivity contribution in [1.82, 2.24) is 10.2 Å². The molecule has 1 aromatic rings. The van der Waals surface area contributed by atoms with Gasteiger partial charge in [0.15, 0.2) is 0 Å². The number of esters is 1. The van der Waals surface area contributed by atoms with E-state index in [9.17, 15) is 19.2 Å². The minimum Gasteiger partial charge on any atom is -0.461 e. The lowest BCUT2D eigenvalue weighted by molar-refractivity contribution is -0.146. The molecule has 1 atom stereocenters. The normalized spacial score (nSPS) is 17.5. The second kappa shape index (κ2) is 7.62. The van der Waals surface area contributed by atoms with Crippen molar-refractivity contribution in [3.05, 3.63) is 23.7 Å². The van der Waals surface area contributed by atoms with Crippen LogP contribution in [0.25, 0.3) is 0 Å². The Morgan fingerprint density at radius 3 is 2.75 bits per heavy atom. The van der Waals surface area contributed by atoms with Crippen LogP contribution in [0.3, 0.4) is 0 Å². The summed E-state index contributed by atoms with van der Waals surface area (Å²) in [4.78, 5) is 46.8. The van der Waals surface area contributed by atoms with E-state index in [1.54, 1.807) is 19.1 Å². The summed E-state index contributed by atoms with van der Waals surface area (Å²) in [5.74, 6) is -0.657. The van der Waals surface area contributed by atoms with Crippen LogP contribution in [0.4, 0.5) is 0 Å². The third-order valence-electron chi connectivity index (χ3n) is 3.41. The van der Waals surface area contributed by atoms with Crippen molar-refractivity contribution in [3.63, 3.8) is 0 Å². The molecule has 1 aliphatic heterocycles. The SMILES string of the molecule is CC1NC(=O)CN(Cc2ccc(COC(=O)CCC(N)=O)o2)C1=O. The number of hydrogen-bond donors (Lipinski definition) is 2. The molecule has 0 spiro atoms. The average Bonchev–Trinajstić information content (AvgIpc) is 2.95. The molecule has 1 aromatic heterocycles. The van der Waals surface area contributed by atoms with E-state index >= 15 is 0 Å². The Hall–Kier alpha value is -2.84. The summed E-state index contributed by atoms with van der Waals surface area (Å²) >= 11 is 0. The highest BCUT2D eigenvalue weighted by atomic mass is 16.5. The summed E-state index contributed by atoms with van der Waals surface area (Å²) in [7, 11) is 0. The van der Waals surface area contributed by atoms with Gasteiger partial charge in [-0.1, -0.05) is 0 Å². The molecule has 3 amide bonds. The molecule has 9 nitrogen and oxygen atoms in total. The van der Waals surface area contributed by atoms with Crippen LogP contribution < -0.4 is 11.1 Å². The van der Waals surface area contributed by atoms with Crippen molar-refractivity contribution in [2.45, 2.75) is 39.0 Å². The minimum absolute atomic E-state index is 0.0265. The first-order valence-corrected chi connectivity index (χ1v) is 7.45. The zero-order valence-electron chi connectivity index (χ0n) is 13.2. The first kappa shape index (κ1) is 17.5. The number of carbonyl (C=O) groups excluding carboxylic acids is 4. The Bertz CT molecular complexity index is 653. The lowest BCUT2D eigenvalue weighted by atomic mass is 10.2. The number of rotatable bonds is 7. The summed E-state index contributed by atoms with van der Waals surface area (Å²) < 4.78 is 10.4. The van der Waals surface area contributed by atoms with Crippen LogP contribution in [0.15, 0.2) is 16.5 Å². The highest BCUT2D eigenvalue weighted by Crippen LogP contribution is 2.14. The molecule has 0 aliphatic carbocycles. The number of carbonyl (C=O) groups is 4. The molecule has 3 N–H and O–H groups in total. The molecule has 1 unspecified atom stereocenters. The van der Waals surface area contributed by atoms with Crippen molar-refractivity contribution in [3.8, 4) is 0 Å². The number of amides is 3. The van der Waals surface area contributed by atoms with Gasteiger partial charge in [-0.25, -0.2) is 0 Å². The van der Waals surface area contributed by atoms with Crippen LogP contribution >= 0.6 is 0 Å². The maximum Gasteiger partial charge on any atom is 0.306 e. The molecule has 1 fully saturated rings. The summed E-state index contributed by atoms with van der Waals surface area (Å²) in [6.45, 7) is 1.67. The number of nitrogens with zero attached hydrogens (tertiary/aromatic N) is 1. The number of hydrogen-bond acceptors (Lipinski definition) is 6. The van der Waals surface area contributed by atoms with E-state index in [1.807, 2.05) is 0 Å². The second-order valence-corrected chi connectivity index (χ2v) is 5.48. The monoisotopic (exact) mass is 337 g/mol. The topological polar surface area (TPSA) is 132 Å². The van der Waals surface area contributed by atoms with E-state index in [1.165, 1.54) is 4.90 Å². The molecule has 0 bridgehead atoms. The molecule has 9 heteroatoms. The molecular weight excluding hydrogens is 318 g/mol. The van der Waals surface area contributed by atoms with Crippen molar-refractivity contribution in [1.29, 1.82) is 0 Å². The maximum atomic E-state index is 12.0. The number of ether oxygens (including phenoxy) is 1. The third-order valence-corrected chi connectivity index (χ3v) is 3.41. The first-order chi connectivity index (χ1) is 11.3. The molecular formula is C15H19N3O6. The van der Waals surface area contributed by atoms with Crippen molar-refractivity contribution in [2.24, 2.45) is 5.73 Å². The second-order valence-electron chi connectivity index (χ2n) is 5.48. The van der Waals surface area contributed by atoms with E-state index in [0.717, 1.165) is 0 Å². The van der Waals surface area contributed by atoms with Gasteiger partial charge >= 0.3 is 5.97 Å². The largest absolute Gasteiger partial charge is 0.461 e. The van der Waals surface area contributed by atoms with Crippen molar-refractivity contribution in [2.75, 3.05) is 6.54 Å². The number of primary amides is 1. The molecule has 1 aliphatic rings. The smallest absolute Gasteiger partial charge is 0.306 e. The summed E-state index contributed by atoms with van der Waals surface area (Å²) in [5.41, 5.74) is 4.95. The average molecular weight is 337 g/mol. The molecule has 0 saturated carbocycles. The molecule has 0 radical (unpaired) electrons. The lowest BCUT2D eigenvalue weighted by Crippen LogP contribution is -2.56. The van der Waals surface area contributed by atoms with Gasteiger partial charge in [-0.3, -0.25) is 19.2 Å². The van der Waals surface area contributed by atoms with E-state index in [0.29, 0.717) is 11.5 Å².